The molecule has 0 aliphatic carbocycles. The molecule has 1 atom stereocenters. The van der Waals surface area contributed by atoms with Gasteiger partial charge in [0.2, 0.25) is 0 Å². The van der Waals surface area contributed by atoms with Gasteiger partial charge >= 0.3 is 0 Å². The van der Waals surface area contributed by atoms with Crippen LogP contribution in [0, 0.1) is 6.92 Å². The maximum absolute atomic E-state index is 10.1. The van der Waals surface area contributed by atoms with Crippen molar-refractivity contribution in [3.05, 3.63) is 56.2 Å². The topological polar surface area (TPSA) is 20.2 Å². The van der Waals surface area contributed by atoms with Gasteiger partial charge in [-0.15, -0.1) is 11.3 Å². The van der Waals surface area contributed by atoms with E-state index < -0.39 is 6.10 Å². The molecule has 0 saturated carbocycles. The fourth-order valence-electron chi connectivity index (χ4n) is 1.45. The van der Waals surface area contributed by atoms with E-state index in [9.17, 15) is 5.11 Å². The molecule has 15 heavy (non-hydrogen) atoms. The van der Waals surface area contributed by atoms with E-state index in [-0.39, 0.29) is 0 Å². The van der Waals surface area contributed by atoms with Gasteiger partial charge in [-0.2, -0.15) is 0 Å². The van der Waals surface area contributed by atoms with E-state index in [0.29, 0.717) is 0 Å². The number of hydrogen-bond acceptors (Lipinski definition) is 2. The van der Waals surface area contributed by atoms with Crippen molar-refractivity contribution in [2.75, 3.05) is 0 Å². The third kappa shape index (κ3) is 2.30. The third-order valence-corrected chi connectivity index (χ3v) is 3.87. The minimum atomic E-state index is -0.528. The highest BCUT2D eigenvalue weighted by Gasteiger charge is 2.14. The Hall–Kier alpha value is -0.640. The van der Waals surface area contributed by atoms with Crippen LogP contribution < -0.4 is 0 Å². The molecule has 0 fully saturated rings. The maximum atomic E-state index is 10.1. The van der Waals surface area contributed by atoms with Gasteiger partial charge < -0.3 is 5.11 Å². The SMILES string of the molecule is Cc1ccc(C(O)c2cccs2)c(Br)c1. The molecule has 1 heterocycles. The number of aryl methyl sites for hydroxylation is 1. The summed E-state index contributed by atoms with van der Waals surface area (Å²) in [5.41, 5.74) is 2.10. The summed E-state index contributed by atoms with van der Waals surface area (Å²) in [6, 6.07) is 9.89. The summed E-state index contributed by atoms with van der Waals surface area (Å²) in [6.45, 7) is 2.03. The van der Waals surface area contributed by atoms with Gasteiger partial charge in [-0.1, -0.05) is 34.1 Å². The first-order valence-electron chi connectivity index (χ1n) is 4.66. The van der Waals surface area contributed by atoms with Crippen LogP contribution in [-0.2, 0) is 0 Å². The first kappa shape index (κ1) is 10.9. The smallest absolute Gasteiger partial charge is 0.114 e. The summed E-state index contributed by atoms with van der Waals surface area (Å²) < 4.78 is 0.961. The van der Waals surface area contributed by atoms with Crippen molar-refractivity contribution in [3.8, 4) is 0 Å². The van der Waals surface area contributed by atoms with Crippen LogP contribution in [-0.4, -0.2) is 5.11 Å². The van der Waals surface area contributed by atoms with Crippen LogP contribution in [0.25, 0.3) is 0 Å². The van der Waals surface area contributed by atoms with E-state index in [2.05, 4.69) is 15.9 Å². The molecule has 1 unspecified atom stereocenters. The molecule has 1 aromatic carbocycles. The molecule has 1 nitrogen and oxygen atoms in total. The normalized spacial score (nSPS) is 12.7. The third-order valence-electron chi connectivity index (χ3n) is 2.26. The lowest BCUT2D eigenvalue weighted by Gasteiger charge is -2.11. The molecule has 1 N–H and O–H groups in total. The number of rotatable bonds is 2. The molecule has 0 bridgehead atoms. The first-order chi connectivity index (χ1) is 7.18. The highest BCUT2D eigenvalue weighted by Crippen LogP contribution is 2.31. The summed E-state index contributed by atoms with van der Waals surface area (Å²) in [5.74, 6) is 0. The van der Waals surface area contributed by atoms with Gasteiger partial charge in [0.05, 0.1) is 0 Å². The van der Waals surface area contributed by atoms with Gasteiger partial charge in [0, 0.05) is 9.35 Å². The maximum Gasteiger partial charge on any atom is 0.114 e. The second kappa shape index (κ2) is 4.47. The number of halogens is 1. The van der Waals surface area contributed by atoms with E-state index in [0.717, 1.165) is 14.9 Å². The second-order valence-corrected chi connectivity index (χ2v) is 5.28. The van der Waals surface area contributed by atoms with Gasteiger partial charge in [-0.25, -0.2) is 0 Å². The number of thiophene rings is 1. The fraction of sp³-hybridized carbons (Fsp3) is 0.167. The Morgan fingerprint density at radius 1 is 1.33 bits per heavy atom. The standard InChI is InChI=1S/C12H11BrOS/c1-8-4-5-9(10(13)7-8)12(14)11-3-2-6-15-11/h2-7,12,14H,1H3. The van der Waals surface area contributed by atoms with E-state index in [1.54, 1.807) is 11.3 Å². The molecule has 0 saturated heterocycles. The number of aliphatic hydroxyl groups excluding tert-OH is 1. The van der Waals surface area contributed by atoms with E-state index in [1.165, 1.54) is 5.56 Å². The minimum absolute atomic E-state index is 0.528. The van der Waals surface area contributed by atoms with Crippen molar-refractivity contribution in [3.63, 3.8) is 0 Å². The number of benzene rings is 1. The molecule has 0 amide bonds. The lowest BCUT2D eigenvalue weighted by atomic mass is 10.1. The predicted molar refractivity (Wildman–Crippen MR) is 67.3 cm³/mol. The van der Waals surface area contributed by atoms with Crippen LogP contribution in [0.1, 0.15) is 22.1 Å². The average Bonchev–Trinajstić information content (AvgIpc) is 2.69. The van der Waals surface area contributed by atoms with Crippen LogP contribution in [0.2, 0.25) is 0 Å². The van der Waals surface area contributed by atoms with Crippen LogP contribution in [0.5, 0.6) is 0 Å². The first-order valence-corrected chi connectivity index (χ1v) is 6.33. The summed E-state index contributed by atoms with van der Waals surface area (Å²) in [6.07, 6.45) is -0.528. The molecular formula is C12H11BrOS. The molecule has 3 heteroatoms. The van der Waals surface area contributed by atoms with Crippen LogP contribution in [0.3, 0.4) is 0 Å². The highest BCUT2D eigenvalue weighted by molar-refractivity contribution is 9.10. The van der Waals surface area contributed by atoms with Gasteiger partial charge in [0.15, 0.2) is 0 Å². The molecule has 2 rings (SSSR count). The van der Waals surface area contributed by atoms with E-state index >= 15 is 0 Å². The van der Waals surface area contributed by atoms with Crippen molar-refractivity contribution in [2.45, 2.75) is 13.0 Å². The minimum Gasteiger partial charge on any atom is -0.383 e. The molecule has 0 aliphatic heterocycles. The van der Waals surface area contributed by atoms with Crippen molar-refractivity contribution in [1.82, 2.24) is 0 Å². The van der Waals surface area contributed by atoms with E-state index in [1.807, 2.05) is 42.6 Å². The average molecular weight is 283 g/mol. The molecule has 0 radical (unpaired) electrons. The Bertz CT molecular complexity index is 451. The molecular weight excluding hydrogens is 272 g/mol. The van der Waals surface area contributed by atoms with Crippen molar-refractivity contribution < 1.29 is 5.11 Å². The van der Waals surface area contributed by atoms with Crippen LogP contribution >= 0.6 is 27.3 Å². The van der Waals surface area contributed by atoms with Gasteiger partial charge in [0.1, 0.15) is 6.10 Å². The molecule has 78 valence electrons. The summed E-state index contributed by atoms with van der Waals surface area (Å²) in [5, 5.41) is 12.1. The van der Waals surface area contributed by atoms with Crippen molar-refractivity contribution >= 4 is 27.3 Å². The highest BCUT2D eigenvalue weighted by atomic mass is 79.9. The molecule has 0 aliphatic rings. The summed E-state index contributed by atoms with van der Waals surface area (Å²) >= 11 is 5.05. The Kier molecular flexibility index (Phi) is 3.24. The van der Waals surface area contributed by atoms with Crippen LogP contribution in [0.15, 0.2) is 40.2 Å². The summed E-state index contributed by atoms with van der Waals surface area (Å²) in [4.78, 5) is 0.972. The molecule has 0 spiro atoms. The van der Waals surface area contributed by atoms with Gasteiger partial charge in [-0.3, -0.25) is 0 Å². The zero-order valence-electron chi connectivity index (χ0n) is 8.27. The Balaban J connectivity index is 2.38. The fourth-order valence-corrected chi connectivity index (χ4v) is 2.89. The zero-order chi connectivity index (χ0) is 10.8. The van der Waals surface area contributed by atoms with Crippen molar-refractivity contribution in [1.29, 1.82) is 0 Å². The van der Waals surface area contributed by atoms with Crippen LogP contribution in [0.4, 0.5) is 0 Å². The van der Waals surface area contributed by atoms with Gasteiger partial charge in [0.25, 0.3) is 0 Å². The van der Waals surface area contributed by atoms with E-state index in [4.69, 9.17) is 0 Å². The lowest BCUT2D eigenvalue weighted by molar-refractivity contribution is 0.223. The zero-order valence-corrected chi connectivity index (χ0v) is 10.7. The largest absolute Gasteiger partial charge is 0.383 e. The quantitative estimate of drug-likeness (QED) is 0.886. The summed E-state index contributed by atoms with van der Waals surface area (Å²) in [7, 11) is 0. The Labute approximate surface area is 102 Å². The monoisotopic (exact) mass is 282 g/mol. The Morgan fingerprint density at radius 2 is 2.13 bits per heavy atom. The second-order valence-electron chi connectivity index (χ2n) is 3.44. The van der Waals surface area contributed by atoms with Crippen molar-refractivity contribution in [2.24, 2.45) is 0 Å². The Morgan fingerprint density at radius 3 is 2.73 bits per heavy atom. The molecule has 2 aromatic rings. The predicted octanol–water partition coefficient (Wildman–Crippen LogP) is 3.90. The number of hydrogen-bond donors (Lipinski definition) is 1. The lowest BCUT2D eigenvalue weighted by Crippen LogP contribution is -1.98. The number of aliphatic hydroxyl groups is 1. The molecule has 1 aromatic heterocycles. The van der Waals surface area contributed by atoms with Gasteiger partial charge in [-0.05, 0) is 35.6 Å².